The van der Waals surface area contributed by atoms with Crippen molar-refractivity contribution in [3.63, 3.8) is 0 Å². The van der Waals surface area contributed by atoms with Crippen LogP contribution in [0.15, 0.2) is 66.7 Å². The highest BCUT2D eigenvalue weighted by molar-refractivity contribution is 5.86. The van der Waals surface area contributed by atoms with Crippen LogP contribution in [0.5, 0.6) is 5.75 Å². The molecule has 0 aromatic heterocycles. The molecule has 1 aliphatic rings. The highest BCUT2D eigenvalue weighted by Gasteiger charge is 2.25. The lowest BCUT2D eigenvalue weighted by Crippen LogP contribution is -2.45. The maximum Gasteiger partial charge on any atom is 0.119 e. The largest absolute Gasteiger partial charge is 0.497 e. The number of methoxy groups -OCH3 is 1. The molecule has 25 heavy (non-hydrogen) atoms. The maximum atomic E-state index is 5.48. The van der Waals surface area contributed by atoms with E-state index in [-0.39, 0.29) is 6.04 Å². The topological polar surface area (TPSA) is 24.5 Å². The molecule has 3 nitrogen and oxygen atoms in total. The average molecular weight is 332 g/mol. The normalized spacial score (nSPS) is 16.7. The SMILES string of the molecule is COc1cccc(C(c2cccc3ccccc23)N2CCNCC2)c1. The lowest BCUT2D eigenvalue weighted by atomic mass is 9.92. The number of fused-ring (bicyclic) bond motifs is 1. The zero-order chi connectivity index (χ0) is 17.1. The van der Waals surface area contributed by atoms with Crippen molar-refractivity contribution in [2.24, 2.45) is 0 Å². The van der Waals surface area contributed by atoms with Gasteiger partial charge in [0.1, 0.15) is 5.75 Å². The molecule has 3 heteroatoms. The third kappa shape index (κ3) is 3.26. The van der Waals surface area contributed by atoms with E-state index in [9.17, 15) is 0 Å². The van der Waals surface area contributed by atoms with E-state index >= 15 is 0 Å². The third-order valence-corrected chi connectivity index (χ3v) is 5.04. The van der Waals surface area contributed by atoms with Gasteiger partial charge in [0.05, 0.1) is 13.2 Å². The van der Waals surface area contributed by atoms with Crippen LogP contribution >= 0.6 is 0 Å². The minimum atomic E-state index is 0.239. The monoisotopic (exact) mass is 332 g/mol. The molecule has 3 aromatic rings. The molecule has 4 rings (SSSR count). The summed E-state index contributed by atoms with van der Waals surface area (Å²) >= 11 is 0. The van der Waals surface area contributed by atoms with E-state index in [2.05, 4.69) is 70.9 Å². The summed E-state index contributed by atoms with van der Waals surface area (Å²) in [5.74, 6) is 0.915. The number of benzene rings is 3. The van der Waals surface area contributed by atoms with Gasteiger partial charge in [0.2, 0.25) is 0 Å². The van der Waals surface area contributed by atoms with Crippen LogP contribution < -0.4 is 10.1 Å². The van der Waals surface area contributed by atoms with E-state index in [4.69, 9.17) is 4.74 Å². The van der Waals surface area contributed by atoms with Crippen LogP contribution in [-0.4, -0.2) is 38.2 Å². The molecule has 1 aliphatic heterocycles. The molecule has 1 atom stereocenters. The number of nitrogens with one attached hydrogen (secondary N) is 1. The predicted molar refractivity (Wildman–Crippen MR) is 103 cm³/mol. The van der Waals surface area contributed by atoms with E-state index in [0.717, 1.165) is 31.9 Å². The second kappa shape index (κ2) is 7.26. The first kappa shape index (κ1) is 16.1. The van der Waals surface area contributed by atoms with Gasteiger partial charge in [0, 0.05) is 26.2 Å². The van der Waals surface area contributed by atoms with E-state index in [0.29, 0.717) is 0 Å². The number of ether oxygens (including phenoxy) is 1. The predicted octanol–water partition coefficient (Wildman–Crippen LogP) is 3.84. The van der Waals surface area contributed by atoms with Gasteiger partial charge in [0.15, 0.2) is 0 Å². The summed E-state index contributed by atoms with van der Waals surface area (Å²) in [7, 11) is 1.73. The van der Waals surface area contributed by atoms with Gasteiger partial charge in [-0.15, -0.1) is 0 Å². The summed E-state index contributed by atoms with van der Waals surface area (Å²) < 4.78 is 5.48. The molecule has 0 bridgehead atoms. The maximum absolute atomic E-state index is 5.48. The van der Waals surface area contributed by atoms with Crippen molar-refractivity contribution < 1.29 is 4.74 Å². The van der Waals surface area contributed by atoms with Gasteiger partial charge < -0.3 is 10.1 Å². The third-order valence-electron chi connectivity index (χ3n) is 5.04. The molecule has 1 unspecified atom stereocenters. The Morgan fingerprint density at radius 2 is 1.68 bits per heavy atom. The Kier molecular flexibility index (Phi) is 4.68. The van der Waals surface area contributed by atoms with Crippen LogP contribution in [0.25, 0.3) is 10.8 Å². The minimum absolute atomic E-state index is 0.239. The lowest BCUT2D eigenvalue weighted by molar-refractivity contribution is 0.199. The van der Waals surface area contributed by atoms with Crippen molar-refractivity contribution in [1.29, 1.82) is 0 Å². The Morgan fingerprint density at radius 1 is 0.920 bits per heavy atom. The Morgan fingerprint density at radius 3 is 2.52 bits per heavy atom. The highest BCUT2D eigenvalue weighted by Crippen LogP contribution is 2.35. The standard InChI is InChI=1S/C22H24N2O/c1-25-19-9-4-8-18(16-19)22(24-14-12-23-13-15-24)21-11-5-7-17-6-2-3-10-20(17)21/h2-11,16,22-23H,12-15H2,1H3. The number of rotatable bonds is 4. The molecule has 1 saturated heterocycles. The zero-order valence-electron chi connectivity index (χ0n) is 14.6. The molecule has 0 radical (unpaired) electrons. The van der Waals surface area contributed by atoms with Crippen molar-refractivity contribution >= 4 is 10.8 Å². The van der Waals surface area contributed by atoms with Crippen LogP contribution in [0, 0.1) is 0 Å². The fraction of sp³-hybridized carbons (Fsp3) is 0.273. The molecular weight excluding hydrogens is 308 g/mol. The quantitative estimate of drug-likeness (QED) is 0.785. The molecule has 0 spiro atoms. The summed E-state index contributed by atoms with van der Waals surface area (Å²) in [5.41, 5.74) is 2.66. The number of hydrogen-bond donors (Lipinski definition) is 1. The summed E-state index contributed by atoms with van der Waals surface area (Å²) in [6.07, 6.45) is 0. The van der Waals surface area contributed by atoms with E-state index < -0.39 is 0 Å². The zero-order valence-corrected chi connectivity index (χ0v) is 14.6. The Hall–Kier alpha value is -2.36. The van der Waals surface area contributed by atoms with Crippen LogP contribution in [0.4, 0.5) is 0 Å². The number of hydrogen-bond acceptors (Lipinski definition) is 3. The molecule has 3 aromatic carbocycles. The Labute approximate surface area is 149 Å². The summed E-state index contributed by atoms with van der Waals surface area (Å²) in [5, 5.41) is 6.09. The lowest BCUT2D eigenvalue weighted by Gasteiger charge is -2.36. The first-order valence-electron chi connectivity index (χ1n) is 8.93. The van der Waals surface area contributed by atoms with Gasteiger partial charge in [-0.05, 0) is 34.0 Å². The Bertz CT molecular complexity index is 850. The van der Waals surface area contributed by atoms with Gasteiger partial charge in [-0.25, -0.2) is 0 Å². The summed E-state index contributed by atoms with van der Waals surface area (Å²) in [4.78, 5) is 2.58. The van der Waals surface area contributed by atoms with Crippen LogP contribution in [0.2, 0.25) is 0 Å². The van der Waals surface area contributed by atoms with Crippen molar-refractivity contribution in [1.82, 2.24) is 10.2 Å². The molecule has 0 aliphatic carbocycles. The first-order chi connectivity index (χ1) is 12.4. The number of piperazine rings is 1. The Balaban J connectivity index is 1.87. The van der Waals surface area contributed by atoms with Crippen molar-refractivity contribution in [3.05, 3.63) is 77.9 Å². The van der Waals surface area contributed by atoms with Crippen LogP contribution in [-0.2, 0) is 0 Å². The number of nitrogens with zero attached hydrogens (tertiary/aromatic N) is 1. The molecule has 128 valence electrons. The molecular formula is C22H24N2O. The average Bonchev–Trinajstić information content (AvgIpc) is 2.69. The fourth-order valence-electron chi connectivity index (χ4n) is 3.83. The molecule has 1 N–H and O–H groups in total. The van der Waals surface area contributed by atoms with Gasteiger partial charge in [-0.3, -0.25) is 4.90 Å². The fourth-order valence-corrected chi connectivity index (χ4v) is 3.83. The second-order valence-electron chi connectivity index (χ2n) is 6.53. The molecule has 0 amide bonds. The molecule has 1 fully saturated rings. The van der Waals surface area contributed by atoms with Crippen LogP contribution in [0.3, 0.4) is 0 Å². The molecule has 0 saturated carbocycles. The van der Waals surface area contributed by atoms with Crippen molar-refractivity contribution in [3.8, 4) is 5.75 Å². The smallest absolute Gasteiger partial charge is 0.119 e. The van der Waals surface area contributed by atoms with Gasteiger partial charge >= 0.3 is 0 Å². The van der Waals surface area contributed by atoms with Gasteiger partial charge in [-0.2, -0.15) is 0 Å². The van der Waals surface area contributed by atoms with E-state index in [1.54, 1.807) is 7.11 Å². The first-order valence-corrected chi connectivity index (χ1v) is 8.93. The minimum Gasteiger partial charge on any atom is -0.497 e. The van der Waals surface area contributed by atoms with E-state index in [1.807, 2.05) is 6.07 Å². The van der Waals surface area contributed by atoms with Gasteiger partial charge in [-0.1, -0.05) is 54.6 Å². The van der Waals surface area contributed by atoms with Crippen molar-refractivity contribution in [2.75, 3.05) is 33.3 Å². The highest BCUT2D eigenvalue weighted by atomic mass is 16.5. The van der Waals surface area contributed by atoms with Crippen molar-refractivity contribution in [2.45, 2.75) is 6.04 Å². The molecule has 1 heterocycles. The summed E-state index contributed by atoms with van der Waals surface area (Å²) in [6.45, 7) is 4.16. The second-order valence-corrected chi connectivity index (χ2v) is 6.53. The van der Waals surface area contributed by atoms with Gasteiger partial charge in [0.25, 0.3) is 0 Å². The van der Waals surface area contributed by atoms with Crippen LogP contribution in [0.1, 0.15) is 17.2 Å². The van der Waals surface area contributed by atoms with E-state index in [1.165, 1.54) is 21.9 Å². The summed E-state index contributed by atoms with van der Waals surface area (Å²) in [6, 6.07) is 24.0.